The Morgan fingerprint density at radius 1 is 1.38 bits per heavy atom. The van der Waals surface area contributed by atoms with Gasteiger partial charge in [-0.1, -0.05) is 12.1 Å². The van der Waals surface area contributed by atoms with Crippen LogP contribution < -0.4 is 11.1 Å². The van der Waals surface area contributed by atoms with Crippen molar-refractivity contribution >= 4 is 17.7 Å². The molecular formula is C16H20FN3O4. The number of nitrogens with one attached hydrogen (secondary N) is 1. The van der Waals surface area contributed by atoms with Crippen LogP contribution >= 0.6 is 0 Å². The molecule has 24 heavy (non-hydrogen) atoms. The van der Waals surface area contributed by atoms with Crippen LogP contribution in [0.3, 0.4) is 0 Å². The minimum absolute atomic E-state index is 0.0760. The number of carbonyl (C=O) groups excluding carboxylic acids is 3. The van der Waals surface area contributed by atoms with Gasteiger partial charge in [0.05, 0.1) is 6.10 Å². The van der Waals surface area contributed by atoms with Crippen molar-refractivity contribution in [1.82, 2.24) is 10.2 Å². The van der Waals surface area contributed by atoms with E-state index in [1.54, 1.807) is 0 Å². The van der Waals surface area contributed by atoms with Gasteiger partial charge < -0.3 is 21.1 Å². The van der Waals surface area contributed by atoms with Crippen molar-refractivity contribution in [3.8, 4) is 0 Å². The van der Waals surface area contributed by atoms with Gasteiger partial charge in [-0.2, -0.15) is 0 Å². The molecular weight excluding hydrogens is 317 g/mol. The highest BCUT2D eigenvalue weighted by Crippen LogP contribution is 2.18. The van der Waals surface area contributed by atoms with E-state index in [1.807, 2.05) is 0 Å². The predicted octanol–water partition coefficient (Wildman–Crippen LogP) is -0.680. The van der Waals surface area contributed by atoms with Crippen molar-refractivity contribution in [2.75, 3.05) is 6.54 Å². The lowest BCUT2D eigenvalue weighted by molar-refractivity contribution is -0.138. The summed E-state index contributed by atoms with van der Waals surface area (Å²) < 4.78 is 12.9. The Kier molecular flexibility index (Phi) is 5.50. The van der Waals surface area contributed by atoms with E-state index in [2.05, 4.69) is 5.32 Å². The maximum atomic E-state index is 12.9. The van der Waals surface area contributed by atoms with E-state index in [0.717, 1.165) is 0 Å². The summed E-state index contributed by atoms with van der Waals surface area (Å²) >= 11 is 0. The molecule has 1 aromatic rings. The quantitative estimate of drug-likeness (QED) is 0.661. The first-order valence-corrected chi connectivity index (χ1v) is 7.57. The van der Waals surface area contributed by atoms with Crippen LogP contribution in [0.15, 0.2) is 24.3 Å². The third-order valence-electron chi connectivity index (χ3n) is 4.00. The van der Waals surface area contributed by atoms with Crippen molar-refractivity contribution in [3.05, 3.63) is 35.6 Å². The summed E-state index contributed by atoms with van der Waals surface area (Å²) in [6.45, 7) is 1.38. The number of β-amino-alcohol motifs (C(OH)–C–C–N with tert-alkyl or cyclic N) is 1. The van der Waals surface area contributed by atoms with Crippen LogP contribution in [0.2, 0.25) is 0 Å². The van der Waals surface area contributed by atoms with E-state index < -0.39 is 35.8 Å². The lowest BCUT2D eigenvalue weighted by Crippen LogP contribution is -2.52. The topological polar surface area (TPSA) is 113 Å². The maximum Gasteiger partial charge on any atom is 0.243 e. The summed E-state index contributed by atoms with van der Waals surface area (Å²) in [4.78, 5) is 36.8. The maximum absolute atomic E-state index is 12.9. The minimum atomic E-state index is -0.991. The number of aliphatic hydroxyl groups excluding tert-OH is 1. The molecule has 130 valence electrons. The van der Waals surface area contributed by atoms with Crippen LogP contribution in [-0.2, 0) is 20.8 Å². The third-order valence-corrected chi connectivity index (χ3v) is 4.00. The zero-order chi connectivity index (χ0) is 17.9. The molecule has 4 N–H and O–H groups in total. The summed E-state index contributed by atoms with van der Waals surface area (Å²) in [6.07, 6.45) is -0.571. The fraction of sp³-hybridized carbons (Fsp3) is 0.438. The molecule has 0 saturated carbocycles. The molecule has 3 atom stereocenters. The van der Waals surface area contributed by atoms with E-state index >= 15 is 0 Å². The molecule has 1 saturated heterocycles. The lowest BCUT2D eigenvalue weighted by Gasteiger charge is -2.24. The Bertz CT molecular complexity index is 635. The lowest BCUT2D eigenvalue weighted by atomic mass is 10.0. The summed E-state index contributed by atoms with van der Waals surface area (Å²) in [5.74, 6) is -2.02. The molecule has 1 heterocycles. The molecule has 0 radical (unpaired) electrons. The number of benzene rings is 1. The predicted molar refractivity (Wildman–Crippen MR) is 83.0 cm³/mol. The van der Waals surface area contributed by atoms with E-state index in [0.29, 0.717) is 5.56 Å². The molecule has 0 aliphatic carbocycles. The van der Waals surface area contributed by atoms with Gasteiger partial charge >= 0.3 is 0 Å². The van der Waals surface area contributed by atoms with E-state index in [9.17, 15) is 23.9 Å². The monoisotopic (exact) mass is 337 g/mol. The van der Waals surface area contributed by atoms with Crippen molar-refractivity contribution in [2.24, 2.45) is 5.73 Å². The number of nitrogens with two attached hydrogens (primary N) is 1. The second-order valence-electron chi connectivity index (χ2n) is 5.87. The van der Waals surface area contributed by atoms with Crippen molar-refractivity contribution in [1.29, 1.82) is 0 Å². The molecule has 0 aromatic heterocycles. The van der Waals surface area contributed by atoms with Crippen molar-refractivity contribution < 1.29 is 23.9 Å². The molecule has 0 bridgehead atoms. The average molecular weight is 337 g/mol. The molecule has 1 aliphatic rings. The van der Waals surface area contributed by atoms with Crippen LogP contribution in [0.5, 0.6) is 0 Å². The highest BCUT2D eigenvalue weighted by atomic mass is 19.1. The molecule has 2 rings (SSSR count). The number of nitrogens with zero attached hydrogens (tertiary/aromatic N) is 1. The zero-order valence-corrected chi connectivity index (χ0v) is 13.2. The van der Waals surface area contributed by atoms with Crippen LogP contribution in [0.4, 0.5) is 4.39 Å². The number of amides is 3. The molecule has 0 spiro atoms. The summed E-state index contributed by atoms with van der Waals surface area (Å²) in [5.41, 5.74) is 5.96. The highest BCUT2D eigenvalue weighted by molar-refractivity contribution is 5.91. The Morgan fingerprint density at radius 3 is 2.54 bits per heavy atom. The largest absolute Gasteiger partial charge is 0.391 e. The molecule has 8 heteroatoms. The molecule has 3 amide bonds. The molecule has 1 aliphatic heterocycles. The second-order valence-corrected chi connectivity index (χ2v) is 5.87. The van der Waals surface area contributed by atoms with Gasteiger partial charge in [-0.25, -0.2) is 4.39 Å². The Labute approximate surface area is 138 Å². The Morgan fingerprint density at radius 2 is 2.00 bits per heavy atom. The first-order chi connectivity index (χ1) is 11.3. The molecule has 1 fully saturated rings. The SMILES string of the molecule is CC(=O)N1C[C@H](O)C[C@H]1C(=O)N[C@@H](Cc1ccc(F)cc1)C(N)=O. The fourth-order valence-corrected chi connectivity index (χ4v) is 2.76. The number of carbonyl (C=O) groups is 3. The van der Waals surface area contributed by atoms with Crippen molar-refractivity contribution in [3.63, 3.8) is 0 Å². The standard InChI is InChI=1S/C16H20FN3O4/c1-9(21)20-8-12(22)7-14(20)16(24)19-13(15(18)23)6-10-2-4-11(17)5-3-10/h2-5,12-14,22H,6-8H2,1H3,(H2,18,23)(H,19,24)/t12-,13+,14+/m1/s1. The van der Waals surface area contributed by atoms with E-state index in [-0.39, 0.29) is 25.3 Å². The molecule has 1 aromatic carbocycles. The van der Waals surface area contributed by atoms with Gasteiger partial charge in [0, 0.05) is 26.3 Å². The van der Waals surface area contributed by atoms with Crippen LogP contribution in [-0.4, -0.2) is 52.5 Å². The number of halogens is 1. The first kappa shape index (κ1) is 17.9. The average Bonchev–Trinajstić information content (AvgIpc) is 2.91. The van der Waals surface area contributed by atoms with Crippen LogP contribution in [0.1, 0.15) is 18.9 Å². The number of rotatable bonds is 5. The number of aliphatic hydroxyl groups is 1. The van der Waals surface area contributed by atoms with Gasteiger partial charge in [-0.05, 0) is 17.7 Å². The third kappa shape index (κ3) is 4.29. The smallest absolute Gasteiger partial charge is 0.243 e. The zero-order valence-electron chi connectivity index (χ0n) is 13.2. The number of hydrogen-bond acceptors (Lipinski definition) is 4. The molecule has 7 nitrogen and oxygen atoms in total. The summed E-state index contributed by atoms with van der Waals surface area (Å²) in [6, 6.07) is 3.67. The Balaban J connectivity index is 2.06. The van der Waals surface area contributed by atoms with Gasteiger partial charge in [-0.15, -0.1) is 0 Å². The summed E-state index contributed by atoms with van der Waals surface area (Å²) in [5, 5.41) is 12.2. The Hall–Kier alpha value is -2.48. The number of primary amides is 1. The molecule has 0 unspecified atom stereocenters. The second kappa shape index (κ2) is 7.39. The number of likely N-dealkylation sites (tertiary alicyclic amines) is 1. The fourth-order valence-electron chi connectivity index (χ4n) is 2.76. The van der Waals surface area contributed by atoms with Crippen LogP contribution in [0, 0.1) is 5.82 Å². The minimum Gasteiger partial charge on any atom is -0.391 e. The van der Waals surface area contributed by atoms with Gasteiger partial charge in [0.1, 0.15) is 17.9 Å². The highest BCUT2D eigenvalue weighted by Gasteiger charge is 2.38. The van der Waals surface area contributed by atoms with Gasteiger partial charge in [0.25, 0.3) is 0 Å². The van der Waals surface area contributed by atoms with E-state index in [1.165, 1.54) is 36.1 Å². The van der Waals surface area contributed by atoms with Crippen molar-refractivity contribution in [2.45, 2.75) is 38.0 Å². The van der Waals surface area contributed by atoms with Crippen LogP contribution in [0.25, 0.3) is 0 Å². The van der Waals surface area contributed by atoms with E-state index in [4.69, 9.17) is 5.73 Å². The first-order valence-electron chi connectivity index (χ1n) is 7.57. The summed E-state index contributed by atoms with van der Waals surface area (Å²) in [7, 11) is 0. The number of hydrogen-bond donors (Lipinski definition) is 3. The van der Waals surface area contributed by atoms with Gasteiger partial charge in [0.15, 0.2) is 0 Å². The van der Waals surface area contributed by atoms with Gasteiger partial charge in [-0.3, -0.25) is 14.4 Å². The normalized spacial score (nSPS) is 21.4. The van der Waals surface area contributed by atoms with Gasteiger partial charge in [0.2, 0.25) is 17.7 Å².